The largest absolute Gasteiger partial charge is 0.484 e. The molecule has 0 aliphatic rings. The summed E-state index contributed by atoms with van der Waals surface area (Å²) in [6.07, 6.45) is 4.13. The Morgan fingerprint density at radius 3 is 2.86 bits per heavy atom. The van der Waals surface area contributed by atoms with Crippen molar-refractivity contribution < 1.29 is 9.53 Å². The van der Waals surface area contributed by atoms with Gasteiger partial charge in [0.25, 0.3) is 5.91 Å². The number of rotatable bonds is 8. The Labute approximate surface area is 176 Å². The molecule has 1 heterocycles. The van der Waals surface area contributed by atoms with Gasteiger partial charge in [-0.25, -0.2) is 0 Å². The van der Waals surface area contributed by atoms with Crippen molar-refractivity contribution in [1.29, 1.82) is 0 Å². The molecule has 0 aliphatic heterocycles. The fourth-order valence-corrected chi connectivity index (χ4v) is 3.92. The van der Waals surface area contributed by atoms with E-state index in [1.54, 1.807) is 30.0 Å². The minimum absolute atomic E-state index is 0.108. The molecule has 0 bridgehead atoms. The number of nitrogens with zero attached hydrogens (tertiary/aromatic N) is 2. The number of carbonyl (C=O) groups excluding carboxylic acids is 1. The van der Waals surface area contributed by atoms with Gasteiger partial charge in [0.2, 0.25) is 5.13 Å². The van der Waals surface area contributed by atoms with E-state index >= 15 is 0 Å². The van der Waals surface area contributed by atoms with Gasteiger partial charge in [0.15, 0.2) is 10.9 Å². The summed E-state index contributed by atoms with van der Waals surface area (Å²) in [6.45, 7) is 1.77. The molecule has 0 saturated carbocycles. The second-order valence-corrected chi connectivity index (χ2v) is 8.40. The second kappa shape index (κ2) is 10.3. The number of hydrogen-bond donors (Lipinski definition) is 1. The fourth-order valence-electron chi connectivity index (χ4n) is 2.20. The maximum atomic E-state index is 12.0. The molecule has 0 saturated heterocycles. The first-order valence-electron chi connectivity index (χ1n) is 8.47. The fraction of sp³-hybridized carbons (Fsp3) is 0.150. The molecule has 2 aromatic carbocycles. The summed E-state index contributed by atoms with van der Waals surface area (Å²) in [5, 5.41) is 11.9. The number of amides is 1. The van der Waals surface area contributed by atoms with Gasteiger partial charge in [-0.05, 0) is 36.2 Å². The highest BCUT2D eigenvalue weighted by molar-refractivity contribution is 8.01. The van der Waals surface area contributed by atoms with Gasteiger partial charge in [-0.15, -0.1) is 10.2 Å². The monoisotopic (exact) mass is 431 g/mol. The van der Waals surface area contributed by atoms with Crippen LogP contribution in [0, 0.1) is 6.92 Å². The lowest BCUT2D eigenvalue weighted by Gasteiger charge is -2.07. The van der Waals surface area contributed by atoms with Crippen LogP contribution in [0.5, 0.6) is 5.75 Å². The Morgan fingerprint density at radius 2 is 2.07 bits per heavy atom. The number of benzene rings is 2. The molecule has 1 N–H and O–H groups in total. The van der Waals surface area contributed by atoms with Crippen molar-refractivity contribution in [1.82, 2.24) is 10.2 Å². The molecule has 8 heteroatoms. The third-order valence-corrected chi connectivity index (χ3v) is 5.91. The highest BCUT2D eigenvalue weighted by Gasteiger charge is 2.09. The highest BCUT2D eigenvalue weighted by atomic mass is 35.5. The van der Waals surface area contributed by atoms with Gasteiger partial charge in [0.1, 0.15) is 5.75 Å². The van der Waals surface area contributed by atoms with Crippen molar-refractivity contribution in [3.05, 3.63) is 70.8 Å². The maximum absolute atomic E-state index is 12.0. The van der Waals surface area contributed by atoms with Crippen LogP contribution in [0.1, 0.15) is 11.1 Å². The van der Waals surface area contributed by atoms with Crippen molar-refractivity contribution >= 4 is 51.8 Å². The van der Waals surface area contributed by atoms with E-state index in [9.17, 15) is 4.79 Å². The van der Waals surface area contributed by atoms with Crippen molar-refractivity contribution in [3.63, 3.8) is 0 Å². The van der Waals surface area contributed by atoms with E-state index in [1.807, 2.05) is 37.3 Å². The molecular weight excluding hydrogens is 414 g/mol. The summed E-state index contributed by atoms with van der Waals surface area (Å²) in [7, 11) is 0. The summed E-state index contributed by atoms with van der Waals surface area (Å²) < 4.78 is 6.27. The third kappa shape index (κ3) is 6.37. The number of carbonyl (C=O) groups is 1. The van der Waals surface area contributed by atoms with Crippen LogP contribution in [0.3, 0.4) is 0 Å². The summed E-state index contributed by atoms with van der Waals surface area (Å²) >= 11 is 8.87. The normalized spacial score (nSPS) is 10.9. The topological polar surface area (TPSA) is 64.1 Å². The van der Waals surface area contributed by atoms with Crippen LogP contribution in [0.4, 0.5) is 5.13 Å². The predicted octanol–water partition coefficient (Wildman–Crippen LogP) is 5.32. The van der Waals surface area contributed by atoms with Crippen LogP contribution in [-0.2, 0) is 4.79 Å². The molecule has 3 aromatic rings. The van der Waals surface area contributed by atoms with Crippen LogP contribution in [0.15, 0.2) is 58.9 Å². The highest BCUT2D eigenvalue weighted by Crippen LogP contribution is 2.26. The third-order valence-electron chi connectivity index (χ3n) is 3.57. The quantitative estimate of drug-likeness (QED) is 0.386. The van der Waals surface area contributed by atoms with Gasteiger partial charge in [0, 0.05) is 10.8 Å². The molecule has 0 radical (unpaired) electrons. The van der Waals surface area contributed by atoms with Crippen molar-refractivity contribution in [2.75, 3.05) is 17.7 Å². The Hall–Kier alpha value is -2.35. The van der Waals surface area contributed by atoms with E-state index in [0.29, 0.717) is 15.9 Å². The predicted molar refractivity (Wildman–Crippen MR) is 116 cm³/mol. The number of anilines is 1. The first-order valence-corrected chi connectivity index (χ1v) is 10.6. The zero-order chi connectivity index (χ0) is 19.8. The second-order valence-electron chi connectivity index (χ2n) is 5.75. The number of aryl methyl sites for hydroxylation is 1. The molecule has 5 nitrogen and oxygen atoms in total. The number of aromatic nitrogens is 2. The van der Waals surface area contributed by atoms with E-state index < -0.39 is 0 Å². The molecule has 0 spiro atoms. The van der Waals surface area contributed by atoms with Crippen molar-refractivity contribution in [2.45, 2.75) is 11.3 Å². The average Bonchev–Trinajstić information content (AvgIpc) is 3.14. The van der Waals surface area contributed by atoms with E-state index in [0.717, 1.165) is 21.2 Å². The molecule has 0 unspecified atom stereocenters. The zero-order valence-electron chi connectivity index (χ0n) is 15.1. The molecule has 28 heavy (non-hydrogen) atoms. The lowest BCUT2D eigenvalue weighted by molar-refractivity contribution is -0.118. The van der Waals surface area contributed by atoms with Crippen LogP contribution < -0.4 is 10.1 Å². The van der Waals surface area contributed by atoms with Crippen LogP contribution in [-0.4, -0.2) is 28.5 Å². The summed E-state index contributed by atoms with van der Waals surface area (Å²) in [5.41, 5.74) is 2.05. The van der Waals surface area contributed by atoms with E-state index in [2.05, 4.69) is 27.7 Å². The summed E-state index contributed by atoms with van der Waals surface area (Å²) in [4.78, 5) is 12.0. The first kappa shape index (κ1) is 20.4. The average molecular weight is 432 g/mol. The molecule has 144 valence electrons. The van der Waals surface area contributed by atoms with Gasteiger partial charge in [-0.1, -0.05) is 77.2 Å². The standard InChI is InChI=1S/C20H18ClN3O2S2/c1-14-12-16(9-10-17(14)21)26-13-18(25)22-19-23-24-20(28-19)27-11-5-8-15-6-3-2-4-7-15/h2-10,12H,11,13H2,1H3,(H,22,23,25)/b8-5+. The van der Waals surface area contributed by atoms with Crippen molar-refractivity contribution in [2.24, 2.45) is 0 Å². The molecule has 0 aliphatic carbocycles. The van der Waals surface area contributed by atoms with Crippen LogP contribution >= 0.6 is 34.7 Å². The summed E-state index contributed by atoms with van der Waals surface area (Å²) in [6, 6.07) is 15.4. The molecule has 1 aromatic heterocycles. The Balaban J connectivity index is 1.42. The summed E-state index contributed by atoms with van der Waals surface area (Å²) in [5.74, 6) is 1.08. The maximum Gasteiger partial charge on any atom is 0.264 e. The Kier molecular flexibility index (Phi) is 7.47. The zero-order valence-corrected chi connectivity index (χ0v) is 17.5. The Bertz CT molecular complexity index is 961. The number of halogens is 1. The van der Waals surface area contributed by atoms with Crippen molar-refractivity contribution in [3.8, 4) is 5.75 Å². The molecule has 1 amide bonds. The van der Waals surface area contributed by atoms with Gasteiger partial charge in [-0.2, -0.15) is 0 Å². The van der Waals surface area contributed by atoms with Gasteiger partial charge in [-0.3, -0.25) is 10.1 Å². The van der Waals surface area contributed by atoms with Crippen LogP contribution in [0.25, 0.3) is 6.08 Å². The molecule has 0 atom stereocenters. The molecule has 3 rings (SSSR count). The number of ether oxygens (including phenoxy) is 1. The molecular formula is C20H18ClN3O2S2. The smallest absolute Gasteiger partial charge is 0.264 e. The number of nitrogens with one attached hydrogen (secondary N) is 1. The minimum atomic E-state index is -0.288. The number of thioether (sulfide) groups is 1. The lowest BCUT2D eigenvalue weighted by Crippen LogP contribution is -2.20. The van der Waals surface area contributed by atoms with E-state index in [4.69, 9.17) is 16.3 Å². The van der Waals surface area contributed by atoms with E-state index in [-0.39, 0.29) is 12.5 Å². The SMILES string of the molecule is Cc1cc(OCC(=O)Nc2nnc(SC/C=C/c3ccccc3)s2)ccc1Cl. The number of hydrogen-bond acceptors (Lipinski definition) is 6. The van der Waals surface area contributed by atoms with Gasteiger partial charge in [0.05, 0.1) is 0 Å². The first-order chi connectivity index (χ1) is 13.6. The molecule has 0 fully saturated rings. The van der Waals surface area contributed by atoms with E-state index in [1.165, 1.54) is 11.3 Å². The van der Waals surface area contributed by atoms with Crippen LogP contribution in [0.2, 0.25) is 5.02 Å². The minimum Gasteiger partial charge on any atom is -0.484 e. The van der Waals surface area contributed by atoms with Gasteiger partial charge >= 0.3 is 0 Å². The lowest BCUT2D eigenvalue weighted by atomic mass is 10.2. The Morgan fingerprint density at radius 1 is 1.25 bits per heavy atom. The van der Waals surface area contributed by atoms with Gasteiger partial charge < -0.3 is 4.74 Å².